The Morgan fingerprint density at radius 3 is 2.47 bits per heavy atom. The van der Waals surface area contributed by atoms with Gasteiger partial charge in [-0.05, 0) is 6.07 Å². The van der Waals surface area contributed by atoms with Crippen LogP contribution in [-0.4, -0.2) is 98.1 Å². The van der Waals surface area contributed by atoms with E-state index in [1.807, 2.05) is 26.0 Å². The van der Waals surface area contributed by atoms with Crippen molar-refractivity contribution in [3.05, 3.63) is 34.4 Å². The zero-order chi connectivity index (χ0) is 20.5. The fourth-order valence-electron chi connectivity index (χ4n) is 4.38. The maximum Gasteiger partial charge on any atom is 0.294 e. The van der Waals surface area contributed by atoms with Crippen LogP contribution in [0.5, 0.6) is 0 Å². The first-order chi connectivity index (χ1) is 14.7. The summed E-state index contributed by atoms with van der Waals surface area (Å²) in [5, 5.41) is 0.908. The molecular formula is C21H28BN5O3. The van der Waals surface area contributed by atoms with Gasteiger partial charge in [-0.2, -0.15) is 0 Å². The lowest BCUT2D eigenvalue weighted by Crippen LogP contribution is -2.49. The molecule has 2 aromatic heterocycles. The molecule has 2 fully saturated rings. The second-order valence-corrected chi connectivity index (χ2v) is 8.36. The van der Waals surface area contributed by atoms with Gasteiger partial charge in [-0.3, -0.25) is 19.5 Å². The molecular weight excluding hydrogens is 381 g/mol. The molecule has 0 bridgehead atoms. The van der Waals surface area contributed by atoms with Crippen molar-refractivity contribution in [1.29, 1.82) is 0 Å². The summed E-state index contributed by atoms with van der Waals surface area (Å²) in [6.45, 7) is 10.7. The Morgan fingerprint density at radius 1 is 1.00 bits per heavy atom. The molecule has 0 amide bonds. The standard InChI is InChI=1S/C21H28BN5O3/c22-15-1-2-17-16(13-15)19-20(30-17)21(28)24-18(23-19)14-27-7-5-25(6-8-27)3-4-26-9-11-29-12-10-26/h1-2,13H,3-12,14,22H2,(H,23,24,28). The molecule has 9 heteroatoms. The van der Waals surface area contributed by atoms with E-state index < -0.39 is 0 Å². The van der Waals surface area contributed by atoms with Gasteiger partial charge in [-0.15, -0.1) is 0 Å². The Kier molecular flexibility index (Phi) is 5.60. The number of aromatic nitrogens is 2. The number of hydrogen-bond acceptors (Lipinski definition) is 7. The summed E-state index contributed by atoms with van der Waals surface area (Å²) in [5.74, 6) is 0.707. The Hall–Kier alpha value is -2.20. The van der Waals surface area contributed by atoms with Crippen LogP contribution in [0, 0.1) is 0 Å². The molecule has 0 aliphatic carbocycles. The molecule has 3 aromatic rings. The topological polar surface area (TPSA) is 77.8 Å². The maximum absolute atomic E-state index is 12.6. The lowest BCUT2D eigenvalue weighted by Gasteiger charge is -2.36. The molecule has 1 aromatic carbocycles. The highest BCUT2D eigenvalue weighted by molar-refractivity contribution is 6.33. The second-order valence-electron chi connectivity index (χ2n) is 8.36. The Balaban J connectivity index is 1.22. The van der Waals surface area contributed by atoms with E-state index in [9.17, 15) is 4.79 Å². The zero-order valence-corrected chi connectivity index (χ0v) is 17.5. The highest BCUT2D eigenvalue weighted by Crippen LogP contribution is 2.24. The first-order valence-electron chi connectivity index (χ1n) is 10.8. The number of piperazine rings is 1. The number of furan rings is 1. The monoisotopic (exact) mass is 409 g/mol. The van der Waals surface area contributed by atoms with Crippen molar-refractivity contribution in [2.45, 2.75) is 6.54 Å². The fraction of sp³-hybridized carbons (Fsp3) is 0.524. The van der Waals surface area contributed by atoms with Gasteiger partial charge in [0.2, 0.25) is 5.58 Å². The molecule has 30 heavy (non-hydrogen) atoms. The third-order valence-corrected chi connectivity index (χ3v) is 6.20. The number of nitrogens with zero attached hydrogens (tertiary/aromatic N) is 4. The molecule has 2 saturated heterocycles. The zero-order valence-electron chi connectivity index (χ0n) is 17.5. The lowest BCUT2D eigenvalue weighted by atomic mass is 9.95. The van der Waals surface area contributed by atoms with Crippen molar-refractivity contribution in [3.8, 4) is 0 Å². The van der Waals surface area contributed by atoms with Gasteiger partial charge in [0.05, 0.1) is 19.8 Å². The van der Waals surface area contributed by atoms with Gasteiger partial charge in [-0.25, -0.2) is 4.98 Å². The molecule has 0 atom stereocenters. The first-order valence-corrected chi connectivity index (χ1v) is 10.8. The minimum absolute atomic E-state index is 0.201. The van der Waals surface area contributed by atoms with Gasteiger partial charge in [0.25, 0.3) is 5.56 Å². The fourth-order valence-corrected chi connectivity index (χ4v) is 4.38. The van der Waals surface area contributed by atoms with E-state index in [0.29, 0.717) is 29.1 Å². The molecule has 2 aliphatic rings. The predicted octanol–water partition coefficient (Wildman–Crippen LogP) is -0.622. The SMILES string of the molecule is Bc1ccc2oc3c(=O)[nH]c(CN4CCN(CCN5CCOCC5)CC4)nc3c2c1. The number of aromatic amines is 1. The van der Waals surface area contributed by atoms with Crippen LogP contribution >= 0.6 is 0 Å². The minimum atomic E-state index is -0.201. The van der Waals surface area contributed by atoms with Gasteiger partial charge >= 0.3 is 0 Å². The largest absolute Gasteiger partial charge is 0.449 e. The maximum atomic E-state index is 12.6. The van der Waals surface area contributed by atoms with Crippen LogP contribution in [0.1, 0.15) is 5.82 Å². The number of benzene rings is 1. The summed E-state index contributed by atoms with van der Waals surface area (Å²) in [6, 6.07) is 5.92. The molecule has 8 nitrogen and oxygen atoms in total. The van der Waals surface area contributed by atoms with Gasteiger partial charge in [0, 0.05) is 57.7 Å². The van der Waals surface area contributed by atoms with Crippen molar-refractivity contribution in [1.82, 2.24) is 24.7 Å². The highest BCUT2D eigenvalue weighted by Gasteiger charge is 2.20. The summed E-state index contributed by atoms with van der Waals surface area (Å²) in [5.41, 5.74) is 2.61. The van der Waals surface area contributed by atoms with Crippen molar-refractivity contribution >= 4 is 35.4 Å². The Labute approximate surface area is 176 Å². The summed E-state index contributed by atoms with van der Waals surface area (Å²) in [7, 11) is 2.03. The third-order valence-electron chi connectivity index (χ3n) is 6.20. The van der Waals surface area contributed by atoms with Crippen LogP contribution < -0.4 is 11.0 Å². The average Bonchev–Trinajstić information content (AvgIpc) is 3.12. The molecule has 158 valence electrons. The molecule has 4 heterocycles. The van der Waals surface area contributed by atoms with E-state index in [-0.39, 0.29) is 5.56 Å². The number of nitrogens with one attached hydrogen (secondary N) is 1. The molecule has 0 radical (unpaired) electrons. The number of fused-ring (bicyclic) bond motifs is 3. The smallest absolute Gasteiger partial charge is 0.294 e. The van der Waals surface area contributed by atoms with Crippen LogP contribution in [0.25, 0.3) is 22.1 Å². The number of rotatable bonds is 5. The summed E-state index contributed by atoms with van der Waals surface area (Å²) in [6.07, 6.45) is 0. The average molecular weight is 409 g/mol. The summed E-state index contributed by atoms with van der Waals surface area (Å²) < 4.78 is 11.2. The van der Waals surface area contributed by atoms with Crippen LogP contribution in [0.2, 0.25) is 0 Å². The first kappa shape index (κ1) is 19.7. The van der Waals surface area contributed by atoms with E-state index in [1.165, 1.54) is 0 Å². The van der Waals surface area contributed by atoms with Gasteiger partial charge in [0.1, 0.15) is 24.8 Å². The molecule has 2 aliphatic heterocycles. The minimum Gasteiger partial charge on any atom is -0.449 e. The number of ether oxygens (including phenoxy) is 1. The summed E-state index contributed by atoms with van der Waals surface area (Å²) >= 11 is 0. The van der Waals surface area contributed by atoms with Gasteiger partial charge < -0.3 is 14.1 Å². The quantitative estimate of drug-likeness (QED) is 0.563. The Bertz CT molecular complexity index is 1080. The predicted molar refractivity (Wildman–Crippen MR) is 119 cm³/mol. The van der Waals surface area contributed by atoms with Crippen LogP contribution in [0.3, 0.4) is 0 Å². The van der Waals surface area contributed by atoms with Crippen molar-refractivity contribution in [2.24, 2.45) is 0 Å². The molecule has 0 spiro atoms. The number of H-pyrrole nitrogens is 1. The normalized spacial score (nSPS) is 19.7. The van der Waals surface area contributed by atoms with Gasteiger partial charge in [-0.1, -0.05) is 17.6 Å². The third kappa shape index (κ3) is 4.16. The van der Waals surface area contributed by atoms with E-state index in [0.717, 1.165) is 76.4 Å². The molecule has 0 unspecified atom stereocenters. The molecule has 0 saturated carbocycles. The highest BCUT2D eigenvalue weighted by atomic mass is 16.5. The molecule has 5 rings (SSSR count). The van der Waals surface area contributed by atoms with Crippen LogP contribution in [0.15, 0.2) is 27.4 Å². The second kappa shape index (κ2) is 8.51. The van der Waals surface area contributed by atoms with Crippen LogP contribution in [0.4, 0.5) is 0 Å². The summed E-state index contributed by atoms with van der Waals surface area (Å²) in [4.78, 5) is 27.6. The lowest BCUT2D eigenvalue weighted by molar-refractivity contribution is 0.0296. The van der Waals surface area contributed by atoms with Gasteiger partial charge in [0.15, 0.2) is 0 Å². The van der Waals surface area contributed by atoms with Crippen molar-refractivity contribution in [3.63, 3.8) is 0 Å². The van der Waals surface area contributed by atoms with Crippen LogP contribution in [-0.2, 0) is 11.3 Å². The molecule has 1 N–H and O–H groups in total. The van der Waals surface area contributed by atoms with E-state index in [4.69, 9.17) is 14.1 Å². The number of hydrogen-bond donors (Lipinski definition) is 1. The van der Waals surface area contributed by atoms with Crippen molar-refractivity contribution < 1.29 is 9.15 Å². The Morgan fingerprint density at radius 2 is 1.70 bits per heavy atom. The number of morpholine rings is 1. The van der Waals surface area contributed by atoms with E-state index in [1.54, 1.807) is 0 Å². The van der Waals surface area contributed by atoms with Crippen molar-refractivity contribution in [2.75, 3.05) is 65.6 Å². The van der Waals surface area contributed by atoms with E-state index in [2.05, 4.69) is 19.7 Å². The van der Waals surface area contributed by atoms with E-state index >= 15 is 0 Å².